The van der Waals surface area contributed by atoms with Crippen LogP contribution in [0.3, 0.4) is 0 Å². The van der Waals surface area contributed by atoms with Crippen molar-refractivity contribution >= 4 is 5.91 Å². The fourth-order valence-electron chi connectivity index (χ4n) is 2.71. The molecule has 1 amide bonds. The molecular weight excluding hydrogens is 288 g/mol. The number of benzene rings is 1. The normalized spacial score (nSPS) is 14.4. The van der Waals surface area contributed by atoms with Crippen LogP contribution < -0.4 is 4.74 Å². The van der Waals surface area contributed by atoms with Gasteiger partial charge in [0.1, 0.15) is 11.9 Å². The lowest BCUT2D eigenvalue weighted by Crippen LogP contribution is -2.56. The van der Waals surface area contributed by atoms with Gasteiger partial charge in [0.25, 0.3) is 0 Å². The zero-order chi connectivity index (χ0) is 16.1. The maximum absolute atomic E-state index is 12.2. The highest BCUT2D eigenvalue weighted by molar-refractivity contribution is 5.77. The third-order valence-corrected chi connectivity index (χ3v) is 4.19. The molecule has 0 unspecified atom stereocenters. The van der Waals surface area contributed by atoms with Gasteiger partial charge < -0.3 is 9.64 Å². The van der Waals surface area contributed by atoms with Crippen molar-refractivity contribution in [1.29, 1.82) is 0 Å². The van der Waals surface area contributed by atoms with Crippen LogP contribution in [0.15, 0.2) is 48.8 Å². The summed E-state index contributed by atoms with van der Waals surface area (Å²) < 4.78 is 5.93. The first kappa shape index (κ1) is 15.5. The summed E-state index contributed by atoms with van der Waals surface area (Å²) in [4.78, 5) is 18.0. The van der Waals surface area contributed by atoms with Gasteiger partial charge in [0, 0.05) is 18.8 Å². The molecule has 0 aliphatic carbocycles. The molecule has 23 heavy (non-hydrogen) atoms. The van der Waals surface area contributed by atoms with E-state index in [-0.39, 0.29) is 12.0 Å². The number of rotatable bonds is 6. The minimum absolute atomic E-state index is 0.118. The molecule has 0 spiro atoms. The summed E-state index contributed by atoms with van der Waals surface area (Å²) in [6.45, 7) is 3.50. The third-order valence-electron chi connectivity index (χ3n) is 4.19. The Balaban J connectivity index is 1.42. The lowest BCUT2D eigenvalue weighted by Gasteiger charge is -2.39. The largest absolute Gasteiger partial charge is 0.487 e. The Morgan fingerprint density at radius 3 is 2.74 bits per heavy atom. The number of hydrogen-bond acceptors (Lipinski definition) is 3. The molecule has 2 aromatic rings. The van der Waals surface area contributed by atoms with Crippen LogP contribution in [0.4, 0.5) is 0 Å². The van der Waals surface area contributed by atoms with Gasteiger partial charge in [0.05, 0.1) is 13.1 Å². The summed E-state index contributed by atoms with van der Waals surface area (Å²) in [5.74, 6) is 1.10. The second kappa shape index (κ2) is 7.27. The SMILES string of the molecule is CCc1cccc(OC2CN(C(=O)CCc3ccncc3)C2)c1. The number of pyridine rings is 1. The quantitative estimate of drug-likeness (QED) is 0.824. The van der Waals surface area contributed by atoms with Gasteiger partial charge >= 0.3 is 0 Å². The molecule has 120 valence electrons. The number of aromatic nitrogens is 1. The first-order chi connectivity index (χ1) is 11.2. The predicted molar refractivity (Wildman–Crippen MR) is 89.4 cm³/mol. The fraction of sp³-hybridized carbons (Fsp3) is 0.368. The zero-order valence-corrected chi connectivity index (χ0v) is 13.4. The highest BCUT2D eigenvalue weighted by Crippen LogP contribution is 2.20. The van der Waals surface area contributed by atoms with Crippen molar-refractivity contribution in [3.05, 3.63) is 59.9 Å². The van der Waals surface area contributed by atoms with Gasteiger partial charge in [-0.05, 0) is 48.2 Å². The maximum atomic E-state index is 12.2. The molecule has 0 radical (unpaired) electrons. The van der Waals surface area contributed by atoms with Crippen LogP contribution in [0.5, 0.6) is 5.75 Å². The van der Waals surface area contributed by atoms with Crippen LogP contribution in [-0.2, 0) is 17.6 Å². The fourth-order valence-corrected chi connectivity index (χ4v) is 2.71. The minimum Gasteiger partial charge on any atom is -0.487 e. The van der Waals surface area contributed by atoms with Gasteiger partial charge in [-0.3, -0.25) is 9.78 Å². The molecule has 1 saturated heterocycles. The molecule has 1 aromatic heterocycles. The molecular formula is C19H22N2O2. The Kier molecular flexibility index (Phi) is 4.91. The molecule has 1 aromatic carbocycles. The van der Waals surface area contributed by atoms with E-state index in [0.717, 1.165) is 24.2 Å². The number of likely N-dealkylation sites (tertiary alicyclic amines) is 1. The summed E-state index contributed by atoms with van der Waals surface area (Å²) in [6, 6.07) is 12.1. The molecule has 4 nitrogen and oxygen atoms in total. The molecule has 3 rings (SSSR count). The summed E-state index contributed by atoms with van der Waals surface area (Å²) in [5, 5.41) is 0. The average Bonchev–Trinajstić information content (AvgIpc) is 2.56. The topological polar surface area (TPSA) is 42.4 Å². The van der Waals surface area contributed by atoms with Crippen LogP contribution >= 0.6 is 0 Å². The summed E-state index contributed by atoms with van der Waals surface area (Å²) in [5.41, 5.74) is 2.42. The molecule has 0 bridgehead atoms. The molecule has 1 fully saturated rings. The minimum atomic E-state index is 0.118. The molecule has 1 aliphatic rings. The number of carbonyl (C=O) groups excluding carboxylic acids is 1. The van der Waals surface area contributed by atoms with E-state index in [4.69, 9.17) is 4.74 Å². The monoisotopic (exact) mass is 310 g/mol. The van der Waals surface area contributed by atoms with Crippen molar-refractivity contribution in [2.24, 2.45) is 0 Å². The number of hydrogen-bond donors (Lipinski definition) is 0. The Hall–Kier alpha value is -2.36. The lowest BCUT2D eigenvalue weighted by atomic mass is 10.1. The highest BCUT2D eigenvalue weighted by atomic mass is 16.5. The molecule has 0 saturated carbocycles. The van der Waals surface area contributed by atoms with Gasteiger partial charge in [0.15, 0.2) is 0 Å². The molecule has 1 aliphatic heterocycles. The third kappa shape index (κ3) is 4.09. The van der Waals surface area contributed by atoms with Crippen LogP contribution in [0.25, 0.3) is 0 Å². The number of ether oxygens (including phenoxy) is 1. The van der Waals surface area contributed by atoms with Gasteiger partial charge in [-0.2, -0.15) is 0 Å². The number of amides is 1. The zero-order valence-electron chi connectivity index (χ0n) is 13.4. The van der Waals surface area contributed by atoms with E-state index >= 15 is 0 Å². The van der Waals surface area contributed by atoms with Crippen LogP contribution in [0.2, 0.25) is 0 Å². The van der Waals surface area contributed by atoms with Gasteiger partial charge in [-0.1, -0.05) is 19.1 Å². The van der Waals surface area contributed by atoms with Crippen molar-refractivity contribution in [2.75, 3.05) is 13.1 Å². The number of nitrogens with zero attached hydrogens (tertiary/aromatic N) is 2. The van der Waals surface area contributed by atoms with Crippen LogP contribution in [0, 0.1) is 0 Å². The van der Waals surface area contributed by atoms with E-state index in [9.17, 15) is 4.79 Å². The second-order valence-electron chi connectivity index (χ2n) is 5.90. The van der Waals surface area contributed by atoms with E-state index < -0.39 is 0 Å². The van der Waals surface area contributed by atoms with Crippen LogP contribution in [0.1, 0.15) is 24.5 Å². The first-order valence-electron chi connectivity index (χ1n) is 8.17. The highest BCUT2D eigenvalue weighted by Gasteiger charge is 2.31. The summed E-state index contributed by atoms with van der Waals surface area (Å²) in [7, 11) is 0. The Bertz CT molecular complexity index is 651. The Morgan fingerprint density at radius 1 is 1.22 bits per heavy atom. The molecule has 4 heteroatoms. The van der Waals surface area contributed by atoms with Crippen molar-refractivity contribution in [3.63, 3.8) is 0 Å². The maximum Gasteiger partial charge on any atom is 0.223 e. The molecule has 2 heterocycles. The van der Waals surface area contributed by atoms with Gasteiger partial charge in [-0.15, -0.1) is 0 Å². The van der Waals surface area contributed by atoms with E-state index in [1.54, 1.807) is 12.4 Å². The Morgan fingerprint density at radius 2 is 2.00 bits per heavy atom. The summed E-state index contributed by atoms with van der Waals surface area (Å²) >= 11 is 0. The van der Waals surface area contributed by atoms with Gasteiger partial charge in [-0.25, -0.2) is 0 Å². The van der Waals surface area contributed by atoms with Crippen molar-refractivity contribution < 1.29 is 9.53 Å². The van der Waals surface area contributed by atoms with Crippen molar-refractivity contribution in [3.8, 4) is 5.75 Å². The van der Waals surface area contributed by atoms with E-state index in [2.05, 4.69) is 24.0 Å². The standard InChI is InChI=1S/C19H22N2O2/c1-2-15-4-3-5-17(12-15)23-18-13-21(14-18)19(22)7-6-16-8-10-20-11-9-16/h3-5,8-12,18H,2,6-7,13-14H2,1H3. The number of carbonyl (C=O) groups is 1. The van der Waals surface area contributed by atoms with E-state index in [0.29, 0.717) is 19.5 Å². The van der Waals surface area contributed by atoms with E-state index in [1.807, 2.05) is 29.2 Å². The Labute approximate surface area is 137 Å². The first-order valence-corrected chi connectivity index (χ1v) is 8.17. The van der Waals surface area contributed by atoms with Crippen molar-refractivity contribution in [2.45, 2.75) is 32.3 Å². The predicted octanol–water partition coefficient (Wildman–Crippen LogP) is 2.87. The average molecular weight is 310 g/mol. The second-order valence-corrected chi connectivity index (χ2v) is 5.90. The number of aryl methyl sites for hydroxylation is 2. The van der Waals surface area contributed by atoms with Crippen molar-refractivity contribution in [1.82, 2.24) is 9.88 Å². The summed E-state index contributed by atoms with van der Waals surface area (Å²) in [6.07, 6.45) is 5.95. The van der Waals surface area contributed by atoms with E-state index in [1.165, 1.54) is 5.56 Å². The lowest BCUT2D eigenvalue weighted by molar-refractivity contribution is -0.139. The molecule has 0 atom stereocenters. The smallest absolute Gasteiger partial charge is 0.223 e. The molecule has 0 N–H and O–H groups in total. The van der Waals surface area contributed by atoms with Gasteiger partial charge in [0.2, 0.25) is 5.91 Å². The van der Waals surface area contributed by atoms with Crippen LogP contribution in [-0.4, -0.2) is 35.0 Å².